The molecule has 14 heavy (non-hydrogen) atoms. The number of hydrazone groups is 1. The van der Waals surface area contributed by atoms with E-state index in [1.165, 1.54) is 5.70 Å². The van der Waals surface area contributed by atoms with Gasteiger partial charge in [0, 0.05) is 38.8 Å². The van der Waals surface area contributed by atoms with Gasteiger partial charge in [-0.05, 0) is 19.8 Å². The van der Waals surface area contributed by atoms with E-state index < -0.39 is 0 Å². The first-order chi connectivity index (χ1) is 6.40. The standard InChI is InChI=1S/C11H23N3/c1-9(2)11(4)14(7)10(3)8-13(6)12-5/h8-9,11H,5H2,1-4,6-7H3/b10-8-/t11-/m0/s1. The summed E-state index contributed by atoms with van der Waals surface area (Å²) in [4.78, 5) is 2.26. The summed E-state index contributed by atoms with van der Waals surface area (Å²) in [6.45, 7) is 12.2. The minimum absolute atomic E-state index is 0.532. The fourth-order valence-electron chi connectivity index (χ4n) is 1.17. The summed E-state index contributed by atoms with van der Waals surface area (Å²) >= 11 is 0. The molecule has 0 N–H and O–H groups in total. The Morgan fingerprint density at radius 2 is 1.79 bits per heavy atom. The first-order valence-electron chi connectivity index (χ1n) is 5.00. The van der Waals surface area contributed by atoms with Gasteiger partial charge in [0.05, 0.1) is 0 Å². The maximum absolute atomic E-state index is 3.80. The molecule has 0 saturated carbocycles. The zero-order chi connectivity index (χ0) is 11.3. The Kier molecular flexibility index (Phi) is 5.28. The predicted molar refractivity (Wildman–Crippen MR) is 63.1 cm³/mol. The fraction of sp³-hybridized carbons (Fsp3) is 0.727. The molecule has 1 atom stereocenters. The maximum Gasteiger partial charge on any atom is 0.0417 e. The van der Waals surface area contributed by atoms with Gasteiger partial charge in [0.1, 0.15) is 0 Å². The van der Waals surface area contributed by atoms with Crippen LogP contribution < -0.4 is 0 Å². The minimum atomic E-state index is 0.532. The molecule has 0 aromatic rings. The third-order valence-electron chi connectivity index (χ3n) is 2.73. The van der Waals surface area contributed by atoms with Gasteiger partial charge in [0.15, 0.2) is 0 Å². The number of hydrogen-bond donors (Lipinski definition) is 0. The van der Waals surface area contributed by atoms with Gasteiger partial charge < -0.3 is 4.90 Å². The van der Waals surface area contributed by atoms with Crippen LogP contribution in [0.1, 0.15) is 27.7 Å². The third kappa shape index (κ3) is 3.81. The molecule has 0 unspecified atom stereocenters. The summed E-state index contributed by atoms with van der Waals surface area (Å²) in [5.74, 6) is 0.644. The lowest BCUT2D eigenvalue weighted by atomic mass is 10.1. The van der Waals surface area contributed by atoms with Crippen LogP contribution >= 0.6 is 0 Å². The molecular weight excluding hydrogens is 174 g/mol. The molecule has 0 aliphatic carbocycles. The topological polar surface area (TPSA) is 18.8 Å². The molecule has 0 amide bonds. The molecule has 0 spiro atoms. The van der Waals surface area contributed by atoms with Gasteiger partial charge in [-0.1, -0.05) is 13.8 Å². The van der Waals surface area contributed by atoms with Crippen LogP contribution in [-0.2, 0) is 0 Å². The van der Waals surface area contributed by atoms with Gasteiger partial charge in [-0.2, -0.15) is 5.10 Å². The van der Waals surface area contributed by atoms with Crippen molar-refractivity contribution in [2.45, 2.75) is 33.7 Å². The van der Waals surface area contributed by atoms with Crippen molar-refractivity contribution in [3.05, 3.63) is 11.9 Å². The molecule has 0 saturated heterocycles. The van der Waals surface area contributed by atoms with E-state index in [1.807, 2.05) is 13.2 Å². The van der Waals surface area contributed by atoms with Crippen molar-refractivity contribution >= 4 is 6.72 Å². The molecule has 0 aliphatic heterocycles. The number of rotatable bonds is 5. The summed E-state index contributed by atoms with van der Waals surface area (Å²) < 4.78 is 0. The summed E-state index contributed by atoms with van der Waals surface area (Å²) in [5, 5.41) is 5.52. The first-order valence-corrected chi connectivity index (χ1v) is 5.00. The highest BCUT2D eigenvalue weighted by Gasteiger charge is 2.13. The lowest BCUT2D eigenvalue weighted by Gasteiger charge is -2.31. The van der Waals surface area contributed by atoms with Crippen LogP contribution in [0.3, 0.4) is 0 Å². The van der Waals surface area contributed by atoms with Gasteiger partial charge in [-0.3, -0.25) is 5.01 Å². The van der Waals surface area contributed by atoms with E-state index in [2.05, 4.69) is 51.5 Å². The highest BCUT2D eigenvalue weighted by atomic mass is 15.4. The molecule has 0 bridgehead atoms. The first kappa shape index (κ1) is 13.0. The molecule has 0 heterocycles. The van der Waals surface area contributed by atoms with Crippen LogP contribution in [0.25, 0.3) is 0 Å². The largest absolute Gasteiger partial charge is 0.374 e. The normalized spacial score (nSPS) is 14.1. The van der Waals surface area contributed by atoms with E-state index in [4.69, 9.17) is 0 Å². The van der Waals surface area contributed by atoms with E-state index in [-0.39, 0.29) is 0 Å². The second kappa shape index (κ2) is 5.68. The molecule has 3 heteroatoms. The zero-order valence-corrected chi connectivity index (χ0v) is 10.3. The predicted octanol–water partition coefficient (Wildman–Crippen LogP) is 2.37. The van der Waals surface area contributed by atoms with Crippen molar-refractivity contribution in [2.75, 3.05) is 14.1 Å². The van der Waals surface area contributed by atoms with E-state index >= 15 is 0 Å². The highest BCUT2D eigenvalue weighted by Crippen LogP contribution is 2.13. The lowest BCUT2D eigenvalue weighted by molar-refractivity contribution is 0.254. The number of hydrogen-bond acceptors (Lipinski definition) is 3. The average Bonchev–Trinajstić information content (AvgIpc) is 2.14. The van der Waals surface area contributed by atoms with Crippen LogP contribution in [0.5, 0.6) is 0 Å². The van der Waals surface area contributed by atoms with Crippen molar-refractivity contribution in [3.63, 3.8) is 0 Å². The molecular formula is C11H23N3. The minimum Gasteiger partial charge on any atom is -0.374 e. The summed E-state index contributed by atoms with van der Waals surface area (Å²) in [7, 11) is 3.98. The molecule has 0 aromatic heterocycles. The Hall–Kier alpha value is -0.990. The summed E-state index contributed by atoms with van der Waals surface area (Å²) in [6, 6.07) is 0.532. The van der Waals surface area contributed by atoms with Crippen LogP contribution in [0.2, 0.25) is 0 Å². The van der Waals surface area contributed by atoms with Gasteiger partial charge in [-0.25, -0.2) is 0 Å². The van der Waals surface area contributed by atoms with Gasteiger partial charge in [0.2, 0.25) is 0 Å². The van der Waals surface area contributed by atoms with Crippen molar-refractivity contribution in [2.24, 2.45) is 11.0 Å². The van der Waals surface area contributed by atoms with Crippen molar-refractivity contribution < 1.29 is 0 Å². The van der Waals surface area contributed by atoms with E-state index in [9.17, 15) is 0 Å². The number of nitrogens with zero attached hydrogens (tertiary/aromatic N) is 3. The van der Waals surface area contributed by atoms with Gasteiger partial charge >= 0.3 is 0 Å². The van der Waals surface area contributed by atoms with Crippen molar-refractivity contribution in [3.8, 4) is 0 Å². The monoisotopic (exact) mass is 197 g/mol. The molecule has 0 rings (SSSR count). The van der Waals surface area contributed by atoms with E-state index in [1.54, 1.807) is 5.01 Å². The molecule has 0 radical (unpaired) electrons. The van der Waals surface area contributed by atoms with Crippen LogP contribution in [0.4, 0.5) is 0 Å². The maximum atomic E-state index is 3.80. The quantitative estimate of drug-likeness (QED) is 0.498. The second-order valence-electron chi connectivity index (χ2n) is 4.08. The van der Waals surface area contributed by atoms with Crippen LogP contribution in [0, 0.1) is 5.92 Å². The molecule has 82 valence electrons. The van der Waals surface area contributed by atoms with E-state index in [0.29, 0.717) is 12.0 Å². The average molecular weight is 197 g/mol. The Bertz CT molecular complexity index is 209. The second-order valence-corrected chi connectivity index (χ2v) is 4.08. The van der Waals surface area contributed by atoms with Gasteiger partial charge in [-0.15, -0.1) is 0 Å². The van der Waals surface area contributed by atoms with Crippen molar-refractivity contribution in [1.29, 1.82) is 0 Å². The van der Waals surface area contributed by atoms with Crippen molar-refractivity contribution in [1.82, 2.24) is 9.91 Å². The number of allylic oxidation sites excluding steroid dienone is 1. The van der Waals surface area contributed by atoms with E-state index in [0.717, 1.165) is 0 Å². The fourth-order valence-corrected chi connectivity index (χ4v) is 1.17. The SMILES string of the molecule is C=NN(C)/C=C(/C)N(C)[C@@H](C)C(C)C. The summed E-state index contributed by atoms with van der Waals surface area (Å²) in [6.07, 6.45) is 1.98. The lowest BCUT2D eigenvalue weighted by Crippen LogP contribution is -2.32. The summed E-state index contributed by atoms with van der Waals surface area (Å²) in [5.41, 5.74) is 1.20. The highest BCUT2D eigenvalue weighted by molar-refractivity contribution is 5.22. The Balaban J connectivity index is 4.44. The molecule has 3 nitrogen and oxygen atoms in total. The Labute approximate surface area is 88.1 Å². The molecule has 0 aliphatic rings. The zero-order valence-electron chi connectivity index (χ0n) is 10.3. The molecule has 0 fully saturated rings. The van der Waals surface area contributed by atoms with Gasteiger partial charge in [0.25, 0.3) is 0 Å². The molecule has 0 aromatic carbocycles. The Morgan fingerprint density at radius 3 is 2.14 bits per heavy atom. The third-order valence-corrected chi connectivity index (χ3v) is 2.73. The van der Waals surface area contributed by atoms with Crippen LogP contribution in [0.15, 0.2) is 17.0 Å². The Morgan fingerprint density at radius 1 is 1.29 bits per heavy atom. The smallest absolute Gasteiger partial charge is 0.0417 e. The van der Waals surface area contributed by atoms with Crippen LogP contribution in [-0.4, -0.2) is 36.8 Å².